The van der Waals surface area contributed by atoms with Gasteiger partial charge in [0.05, 0.1) is 0 Å². The lowest BCUT2D eigenvalue weighted by molar-refractivity contribution is -0.135. The van der Waals surface area contributed by atoms with Crippen LogP contribution in [0.2, 0.25) is 0 Å². The van der Waals surface area contributed by atoms with Crippen molar-refractivity contribution in [2.45, 2.75) is 37.4 Å². The first-order chi connectivity index (χ1) is 9.57. The zero-order chi connectivity index (χ0) is 16.3. The smallest absolute Gasteiger partial charge is 0.389 e. The SMILES string of the molecule is CCn1cc(S(=O)(=O)NCCCC(F)(F)F)cc1C(=O)O. The number of nitrogens with one attached hydrogen (secondary N) is 1. The van der Waals surface area contributed by atoms with E-state index in [1.54, 1.807) is 6.92 Å². The van der Waals surface area contributed by atoms with Crippen LogP contribution in [0.1, 0.15) is 30.3 Å². The van der Waals surface area contributed by atoms with Crippen LogP contribution in [0.25, 0.3) is 0 Å². The van der Waals surface area contributed by atoms with Crippen LogP contribution in [0, 0.1) is 0 Å². The first kappa shape index (κ1) is 17.5. The van der Waals surface area contributed by atoms with Crippen molar-refractivity contribution in [1.29, 1.82) is 0 Å². The van der Waals surface area contributed by atoms with Gasteiger partial charge in [-0.1, -0.05) is 0 Å². The fourth-order valence-corrected chi connectivity index (χ4v) is 2.76. The third kappa shape index (κ3) is 5.05. The Labute approximate surface area is 119 Å². The van der Waals surface area contributed by atoms with Gasteiger partial charge < -0.3 is 9.67 Å². The largest absolute Gasteiger partial charge is 0.477 e. The van der Waals surface area contributed by atoms with Gasteiger partial charge in [0.2, 0.25) is 10.0 Å². The molecular weight excluding hydrogens is 313 g/mol. The fourth-order valence-electron chi connectivity index (χ4n) is 1.65. The molecule has 0 atom stereocenters. The van der Waals surface area contributed by atoms with Gasteiger partial charge in [0.15, 0.2) is 0 Å². The maximum atomic E-state index is 11.9. The number of carboxylic acid groups (broad SMARTS) is 1. The van der Waals surface area contributed by atoms with Crippen molar-refractivity contribution >= 4 is 16.0 Å². The topological polar surface area (TPSA) is 88.4 Å². The van der Waals surface area contributed by atoms with E-state index in [4.69, 9.17) is 5.11 Å². The fraction of sp³-hybridized carbons (Fsp3) is 0.545. The summed E-state index contributed by atoms with van der Waals surface area (Å²) in [7, 11) is -4.02. The number of halogens is 3. The Morgan fingerprint density at radius 3 is 2.48 bits per heavy atom. The van der Waals surface area contributed by atoms with Gasteiger partial charge in [-0.05, 0) is 19.4 Å². The molecule has 1 heterocycles. The first-order valence-electron chi connectivity index (χ1n) is 6.06. The number of alkyl halides is 3. The van der Waals surface area contributed by atoms with Crippen molar-refractivity contribution in [2.24, 2.45) is 0 Å². The van der Waals surface area contributed by atoms with Crippen LogP contribution >= 0.6 is 0 Å². The third-order valence-electron chi connectivity index (χ3n) is 2.67. The van der Waals surface area contributed by atoms with Gasteiger partial charge in [0.25, 0.3) is 0 Å². The lowest BCUT2D eigenvalue weighted by Gasteiger charge is -2.07. The van der Waals surface area contributed by atoms with E-state index >= 15 is 0 Å². The summed E-state index contributed by atoms with van der Waals surface area (Å²) in [5, 5.41) is 8.92. The van der Waals surface area contributed by atoms with E-state index in [0.717, 1.165) is 12.3 Å². The molecule has 10 heteroatoms. The highest BCUT2D eigenvalue weighted by Crippen LogP contribution is 2.21. The molecule has 0 aliphatic carbocycles. The number of carboxylic acids is 1. The number of hydrogen-bond acceptors (Lipinski definition) is 3. The predicted octanol–water partition coefficient (Wildman–Crippen LogP) is 1.83. The summed E-state index contributed by atoms with van der Waals surface area (Å²) in [4.78, 5) is 10.6. The number of carbonyl (C=O) groups is 1. The van der Waals surface area contributed by atoms with E-state index in [9.17, 15) is 26.4 Å². The molecule has 1 rings (SSSR count). The summed E-state index contributed by atoms with van der Waals surface area (Å²) in [6.07, 6.45) is -4.68. The molecule has 0 bridgehead atoms. The van der Waals surface area contributed by atoms with Crippen LogP contribution in [0.3, 0.4) is 0 Å². The molecule has 0 amide bonds. The van der Waals surface area contributed by atoms with Crippen molar-refractivity contribution in [1.82, 2.24) is 9.29 Å². The molecule has 1 aromatic rings. The normalized spacial score (nSPS) is 12.6. The van der Waals surface area contributed by atoms with Crippen LogP contribution in [-0.2, 0) is 16.6 Å². The lowest BCUT2D eigenvalue weighted by Crippen LogP contribution is -2.25. The monoisotopic (exact) mass is 328 g/mol. The first-order valence-corrected chi connectivity index (χ1v) is 7.55. The van der Waals surface area contributed by atoms with E-state index in [2.05, 4.69) is 0 Å². The molecule has 0 fully saturated rings. The van der Waals surface area contributed by atoms with Gasteiger partial charge in [-0.3, -0.25) is 0 Å². The Bertz CT molecular complexity index is 607. The number of nitrogens with zero attached hydrogens (tertiary/aromatic N) is 1. The van der Waals surface area contributed by atoms with Gasteiger partial charge in [-0.15, -0.1) is 0 Å². The highest BCUT2D eigenvalue weighted by atomic mass is 32.2. The quantitative estimate of drug-likeness (QED) is 0.747. The lowest BCUT2D eigenvalue weighted by atomic mass is 10.3. The number of aryl methyl sites for hydroxylation is 1. The molecule has 1 aromatic heterocycles. The number of rotatable bonds is 7. The summed E-state index contributed by atoms with van der Waals surface area (Å²) in [5.74, 6) is -1.28. The summed E-state index contributed by atoms with van der Waals surface area (Å²) in [6, 6.07) is 0.970. The number of aromatic nitrogens is 1. The Hall–Kier alpha value is -1.55. The van der Waals surface area contributed by atoms with Gasteiger partial charge in [-0.2, -0.15) is 13.2 Å². The zero-order valence-corrected chi connectivity index (χ0v) is 12.0. The Morgan fingerprint density at radius 2 is 2.05 bits per heavy atom. The molecule has 0 saturated heterocycles. The van der Waals surface area contributed by atoms with Gasteiger partial charge in [-0.25, -0.2) is 17.9 Å². The number of hydrogen-bond donors (Lipinski definition) is 2. The molecule has 0 spiro atoms. The minimum Gasteiger partial charge on any atom is -0.477 e. The van der Waals surface area contributed by atoms with Crippen LogP contribution in [0.5, 0.6) is 0 Å². The predicted molar refractivity (Wildman–Crippen MR) is 67.5 cm³/mol. The molecular formula is C11H15F3N2O4S. The summed E-state index contributed by atoms with van der Waals surface area (Å²) >= 11 is 0. The van der Waals surface area contributed by atoms with Crippen LogP contribution in [0.15, 0.2) is 17.2 Å². The second kappa shape index (κ2) is 6.48. The van der Waals surface area contributed by atoms with Gasteiger partial charge >= 0.3 is 12.1 Å². The maximum absolute atomic E-state index is 11.9. The van der Waals surface area contributed by atoms with E-state index < -0.39 is 28.6 Å². The van der Waals surface area contributed by atoms with Crippen LogP contribution in [0.4, 0.5) is 13.2 Å². The van der Waals surface area contributed by atoms with E-state index in [-0.39, 0.29) is 30.1 Å². The molecule has 21 heavy (non-hydrogen) atoms. The molecule has 0 aromatic carbocycles. The van der Waals surface area contributed by atoms with Crippen molar-refractivity contribution in [3.8, 4) is 0 Å². The average Bonchev–Trinajstić information content (AvgIpc) is 2.78. The van der Waals surface area contributed by atoms with Crippen LogP contribution in [-0.4, -0.2) is 36.8 Å². The van der Waals surface area contributed by atoms with E-state index in [0.29, 0.717) is 0 Å². The van der Waals surface area contributed by atoms with Gasteiger partial charge in [0.1, 0.15) is 10.6 Å². The number of sulfonamides is 1. The summed E-state index contributed by atoms with van der Waals surface area (Å²) in [5.41, 5.74) is -0.201. The molecule has 0 radical (unpaired) electrons. The number of aromatic carboxylic acids is 1. The van der Waals surface area contributed by atoms with Crippen molar-refractivity contribution in [3.63, 3.8) is 0 Å². The summed E-state index contributed by atoms with van der Waals surface area (Å²) in [6.45, 7) is 1.52. The van der Waals surface area contributed by atoms with Crippen molar-refractivity contribution in [3.05, 3.63) is 18.0 Å². The second-order valence-corrected chi connectivity index (χ2v) is 6.04. The van der Waals surface area contributed by atoms with Crippen molar-refractivity contribution in [2.75, 3.05) is 6.54 Å². The van der Waals surface area contributed by atoms with Crippen LogP contribution < -0.4 is 4.72 Å². The molecule has 6 nitrogen and oxygen atoms in total. The van der Waals surface area contributed by atoms with E-state index in [1.165, 1.54) is 4.57 Å². The minimum atomic E-state index is -4.34. The Balaban J connectivity index is 2.77. The highest BCUT2D eigenvalue weighted by molar-refractivity contribution is 7.89. The molecule has 0 aliphatic rings. The molecule has 0 unspecified atom stereocenters. The third-order valence-corrected chi connectivity index (χ3v) is 4.10. The Morgan fingerprint density at radius 1 is 1.43 bits per heavy atom. The van der Waals surface area contributed by atoms with Crippen molar-refractivity contribution < 1.29 is 31.5 Å². The van der Waals surface area contributed by atoms with E-state index in [1.807, 2.05) is 4.72 Å². The zero-order valence-electron chi connectivity index (χ0n) is 11.1. The Kier molecular flexibility index (Phi) is 5.40. The maximum Gasteiger partial charge on any atom is 0.389 e. The highest BCUT2D eigenvalue weighted by Gasteiger charge is 2.27. The average molecular weight is 328 g/mol. The molecule has 0 aliphatic heterocycles. The minimum absolute atomic E-state index is 0.201. The van der Waals surface area contributed by atoms with Gasteiger partial charge in [0, 0.05) is 25.7 Å². The molecule has 0 saturated carbocycles. The second-order valence-electron chi connectivity index (χ2n) is 4.27. The standard InChI is InChI=1S/C11H15F3N2O4S/c1-2-16-7-8(6-9(16)10(17)18)21(19,20)15-5-3-4-11(12,13)14/h6-7,15H,2-5H2,1H3,(H,17,18). The molecule has 2 N–H and O–H groups in total. The summed E-state index contributed by atoms with van der Waals surface area (Å²) < 4.78 is 62.8. The molecule has 120 valence electrons.